The van der Waals surface area contributed by atoms with Crippen molar-refractivity contribution in [2.75, 3.05) is 7.11 Å². The summed E-state index contributed by atoms with van der Waals surface area (Å²) < 4.78 is 11.8. The monoisotopic (exact) mass is 338 g/mol. The minimum atomic E-state index is -0.441. The molecule has 0 unspecified atom stereocenters. The van der Waals surface area contributed by atoms with Crippen LogP contribution in [0.4, 0.5) is 0 Å². The number of benzene rings is 1. The van der Waals surface area contributed by atoms with Crippen LogP contribution in [0.2, 0.25) is 0 Å². The van der Waals surface area contributed by atoms with Crippen LogP contribution >= 0.6 is 15.9 Å². The average Bonchev–Trinajstić information content (AvgIpc) is 3.10. The third kappa shape index (κ3) is 2.23. The number of halogens is 1. The molecule has 1 aromatic carbocycles. The van der Waals surface area contributed by atoms with Gasteiger partial charge in [-0.25, -0.2) is 0 Å². The molecule has 5 nitrogen and oxygen atoms in total. The number of aromatic nitrogens is 2. The molecule has 1 aliphatic carbocycles. The number of ether oxygens (including phenoxy) is 1. The summed E-state index contributed by atoms with van der Waals surface area (Å²) in [6, 6.07) is 5.09. The first kappa shape index (κ1) is 13.6. The quantitative estimate of drug-likeness (QED) is 0.925. The minimum Gasteiger partial charge on any atom is -0.507 e. The predicted octanol–water partition coefficient (Wildman–Crippen LogP) is 3.62. The van der Waals surface area contributed by atoms with E-state index in [1.54, 1.807) is 25.3 Å². The van der Waals surface area contributed by atoms with Crippen molar-refractivity contribution in [2.45, 2.75) is 31.3 Å². The molecule has 0 spiro atoms. The van der Waals surface area contributed by atoms with Gasteiger partial charge in [-0.05, 0) is 43.9 Å². The lowest BCUT2D eigenvalue weighted by Crippen LogP contribution is -2.25. The second kappa shape index (κ2) is 5.18. The SMILES string of the molecule is COC1(c2noc(-c3cc(Br)ccc3O)n2)CCCC1. The van der Waals surface area contributed by atoms with Crippen LogP contribution < -0.4 is 0 Å². The summed E-state index contributed by atoms with van der Waals surface area (Å²) in [5, 5.41) is 14.0. The minimum absolute atomic E-state index is 0.112. The highest BCUT2D eigenvalue weighted by Crippen LogP contribution is 2.41. The van der Waals surface area contributed by atoms with Crippen molar-refractivity contribution in [2.24, 2.45) is 0 Å². The Balaban J connectivity index is 2.00. The molecular weight excluding hydrogens is 324 g/mol. The van der Waals surface area contributed by atoms with Crippen LogP contribution in [0.1, 0.15) is 31.5 Å². The van der Waals surface area contributed by atoms with Crippen molar-refractivity contribution < 1.29 is 14.4 Å². The van der Waals surface area contributed by atoms with E-state index in [9.17, 15) is 5.11 Å². The molecule has 6 heteroatoms. The van der Waals surface area contributed by atoms with Crippen LogP contribution in [0.25, 0.3) is 11.5 Å². The highest BCUT2D eigenvalue weighted by molar-refractivity contribution is 9.10. The topological polar surface area (TPSA) is 68.4 Å². The maximum absolute atomic E-state index is 9.90. The van der Waals surface area contributed by atoms with Gasteiger partial charge in [-0.2, -0.15) is 4.98 Å². The highest BCUT2D eigenvalue weighted by atomic mass is 79.9. The molecule has 0 amide bonds. The average molecular weight is 339 g/mol. The van der Waals surface area contributed by atoms with E-state index < -0.39 is 5.60 Å². The molecule has 1 aliphatic rings. The molecule has 0 atom stereocenters. The Morgan fingerprint density at radius 2 is 2.10 bits per heavy atom. The second-order valence-corrected chi connectivity index (χ2v) is 5.91. The fraction of sp³-hybridized carbons (Fsp3) is 0.429. The van der Waals surface area contributed by atoms with E-state index in [1.165, 1.54) is 0 Å². The van der Waals surface area contributed by atoms with Crippen LogP contribution in [0.15, 0.2) is 27.2 Å². The number of hydrogen-bond donors (Lipinski definition) is 1. The zero-order chi connectivity index (χ0) is 14.2. The van der Waals surface area contributed by atoms with Crippen molar-refractivity contribution in [3.63, 3.8) is 0 Å². The van der Waals surface area contributed by atoms with E-state index in [0.29, 0.717) is 17.3 Å². The van der Waals surface area contributed by atoms with E-state index in [0.717, 1.165) is 30.2 Å². The summed E-state index contributed by atoms with van der Waals surface area (Å²) in [7, 11) is 1.68. The molecular formula is C14H15BrN2O3. The van der Waals surface area contributed by atoms with Gasteiger partial charge in [0.15, 0.2) is 0 Å². The Labute approximate surface area is 125 Å². The van der Waals surface area contributed by atoms with E-state index in [2.05, 4.69) is 26.1 Å². The summed E-state index contributed by atoms with van der Waals surface area (Å²) in [6.45, 7) is 0. The van der Waals surface area contributed by atoms with Crippen molar-refractivity contribution in [3.8, 4) is 17.2 Å². The van der Waals surface area contributed by atoms with Crippen molar-refractivity contribution >= 4 is 15.9 Å². The zero-order valence-electron chi connectivity index (χ0n) is 11.1. The van der Waals surface area contributed by atoms with Crippen LogP contribution in [0, 0.1) is 0 Å². The highest BCUT2D eigenvalue weighted by Gasteiger charge is 2.40. The first-order valence-electron chi connectivity index (χ1n) is 6.53. The molecule has 106 valence electrons. The van der Waals surface area contributed by atoms with Gasteiger partial charge in [0.05, 0.1) is 5.56 Å². The third-order valence-electron chi connectivity index (χ3n) is 3.82. The predicted molar refractivity (Wildman–Crippen MR) is 76.3 cm³/mol. The normalized spacial score (nSPS) is 17.5. The van der Waals surface area contributed by atoms with Crippen molar-refractivity contribution in [1.82, 2.24) is 10.1 Å². The van der Waals surface area contributed by atoms with Gasteiger partial charge in [0.25, 0.3) is 5.89 Å². The Hall–Kier alpha value is -1.40. The summed E-state index contributed by atoms with van der Waals surface area (Å²) in [6.07, 6.45) is 3.99. The van der Waals surface area contributed by atoms with Crippen LogP contribution in [0.5, 0.6) is 5.75 Å². The summed E-state index contributed by atoms with van der Waals surface area (Å²) in [4.78, 5) is 4.42. The smallest absolute Gasteiger partial charge is 0.261 e. The van der Waals surface area contributed by atoms with Crippen LogP contribution in [0.3, 0.4) is 0 Å². The molecule has 0 radical (unpaired) electrons. The van der Waals surface area contributed by atoms with Crippen LogP contribution in [-0.2, 0) is 10.3 Å². The van der Waals surface area contributed by atoms with Gasteiger partial charge in [0.2, 0.25) is 5.82 Å². The first-order valence-corrected chi connectivity index (χ1v) is 7.32. The fourth-order valence-corrected chi connectivity index (χ4v) is 3.02. The number of nitrogens with zero attached hydrogens (tertiary/aromatic N) is 2. The molecule has 0 bridgehead atoms. The molecule has 0 aliphatic heterocycles. The van der Waals surface area contributed by atoms with Gasteiger partial charge in [0, 0.05) is 11.6 Å². The Morgan fingerprint density at radius 1 is 1.35 bits per heavy atom. The number of aromatic hydroxyl groups is 1. The van der Waals surface area contributed by atoms with Gasteiger partial charge < -0.3 is 14.4 Å². The molecule has 1 fully saturated rings. The van der Waals surface area contributed by atoms with Gasteiger partial charge in [-0.3, -0.25) is 0 Å². The Bertz CT molecular complexity index is 621. The maximum Gasteiger partial charge on any atom is 0.261 e. The maximum atomic E-state index is 9.90. The van der Waals surface area contributed by atoms with Gasteiger partial charge in [0.1, 0.15) is 11.4 Å². The summed E-state index contributed by atoms with van der Waals surface area (Å²) >= 11 is 3.37. The number of rotatable bonds is 3. The van der Waals surface area contributed by atoms with Crippen LogP contribution in [-0.4, -0.2) is 22.4 Å². The van der Waals surface area contributed by atoms with E-state index >= 15 is 0 Å². The Morgan fingerprint density at radius 3 is 2.80 bits per heavy atom. The lowest BCUT2D eigenvalue weighted by atomic mass is 10.0. The lowest BCUT2D eigenvalue weighted by Gasteiger charge is -2.22. The summed E-state index contributed by atoms with van der Waals surface area (Å²) in [5.41, 5.74) is 0.0750. The standard InChI is InChI=1S/C14H15BrN2O3/c1-19-14(6-2-3-7-14)13-16-12(20-17-13)10-8-9(15)4-5-11(10)18/h4-5,8,18H,2-3,6-7H2,1H3. The van der Waals surface area contributed by atoms with Gasteiger partial charge in [-0.15, -0.1) is 0 Å². The van der Waals surface area contributed by atoms with Gasteiger partial charge >= 0.3 is 0 Å². The van der Waals surface area contributed by atoms with Crippen molar-refractivity contribution in [1.29, 1.82) is 0 Å². The molecule has 1 N–H and O–H groups in total. The Kier molecular flexibility index (Phi) is 3.52. The number of methoxy groups -OCH3 is 1. The molecule has 1 heterocycles. The third-order valence-corrected chi connectivity index (χ3v) is 4.32. The van der Waals surface area contributed by atoms with E-state index in [4.69, 9.17) is 9.26 Å². The molecule has 1 saturated carbocycles. The molecule has 0 saturated heterocycles. The second-order valence-electron chi connectivity index (χ2n) is 4.99. The zero-order valence-corrected chi connectivity index (χ0v) is 12.7. The molecule has 1 aromatic heterocycles. The molecule has 20 heavy (non-hydrogen) atoms. The largest absolute Gasteiger partial charge is 0.507 e. The number of hydrogen-bond acceptors (Lipinski definition) is 5. The van der Waals surface area contributed by atoms with E-state index in [1.807, 2.05) is 0 Å². The number of phenolic OH excluding ortho intramolecular Hbond substituents is 1. The number of phenols is 1. The molecule has 3 rings (SSSR count). The lowest BCUT2D eigenvalue weighted by molar-refractivity contribution is -0.0178. The van der Waals surface area contributed by atoms with E-state index in [-0.39, 0.29) is 5.75 Å². The fourth-order valence-electron chi connectivity index (χ4n) is 2.66. The van der Waals surface area contributed by atoms with Crippen molar-refractivity contribution in [3.05, 3.63) is 28.5 Å². The van der Waals surface area contributed by atoms with Gasteiger partial charge in [-0.1, -0.05) is 21.1 Å². The first-order chi connectivity index (χ1) is 9.64. The summed E-state index contributed by atoms with van der Waals surface area (Å²) in [5.74, 6) is 0.982. The molecule has 2 aromatic rings.